The van der Waals surface area contributed by atoms with E-state index in [1.54, 1.807) is 33.8 Å². The summed E-state index contributed by atoms with van der Waals surface area (Å²) in [6.07, 6.45) is 0. The number of aromatic nitrogens is 1. The number of halogens is 1. The van der Waals surface area contributed by atoms with Crippen LogP contribution in [0.5, 0.6) is 0 Å². The molecular weight excluding hydrogens is 458 g/mol. The van der Waals surface area contributed by atoms with Gasteiger partial charge >= 0.3 is 0 Å². The van der Waals surface area contributed by atoms with Gasteiger partial charge in [-0.3, -0.25) is 0 Å². The van der Waals surface area contributed by atoms with E-state index in [-0.39, 0.29) is 0 Å². The fraction of sp³-hybridized carbons (Fsp3) is 0.250. The lowest BCUT2D eigenvalue weighted by Gasteiger charge is -2.33. The van der Waals surface area contributed by atoms with Gasteiger partial charge in [-0.25, -0.2) is 13.4 Å². The van der Waals surface area contributed by atoms with Gasteiger partial charge in [0.1, 0.15) is 0 Å². The average Bonchev–Trinajstić information content (AvgIpc) is 3.18. The summed E-state index contributed by atoms with van der Waals surface area (Å²) in [5.74, 6) is 0. The molecule has 1 aliphatic rings. The van der Waals surface area contributed by atoms with E-state index < -0.39 is 10.0 Å². The van der Waals surface area contributed by atoms with Gasteiger partial charge in [-0.1, -0.05) is 46.3 Å². The lowest BCUT2D eigenvalue weighted by Crippen LogP contribution is -2.48. The number of sulfonamides is 1. The summed E-state index contributed by atoms with van der Waals surface area (Å²) < 4.78 is 28.1. The molecule has 0 aliphatic carbocycles. The van der Waals surface area contributed by atoms with Crippen molar-refractivity contribution in [3.05, 3.63) is 63.9 Å². The normalized spacial score (nSPS) is 15.7. The molecule has 0 bridgehead atoms. The van der Waals surface area contributed by atoms with Crippen LogP contribution in [0.4, 0.5) is 5.13 Å². The van der Waals surface area contributed by atoms with Crippen LogP contribution in [-0.4, -0.2) is 43.9 Å². The van der Waals surface area contributed by atoms with Crippen molar-refractivity contribution in [3.63, 3.8) is 0 Å². The minimum Gasteiger partial charge on any atom is -0.345 e. The molecule has 0 radical (unpaired) electrons. The first-order valence-corrected chi connectivity index (χ1v) is 12.1. The molecule has 0 unspecified atom stereocenters. The molecule has 1 aromatic heterocycles. The van der Waals surface area contributed by atoms with Crippen molar-refractivity contribution >= 4 is 42.4 Å². The summed E-state index contributed by atoms with van der Waals surface area (Å²) in [4.78, 5) is 7.28. The molecule has 0 spiro atoms. The van der Waals surface area contributed by atoms with E-state index in [1.807, 2.05) is 18.2 Å². The minimum atomic E-state index is -3.47. The second kappa shape index (κ2) is 7.94. The molecule has 0 atom stereocenters. The minimum absolute atomic E-state index is 0.325. The molecule has 28 heavy (non-hydrogen) atoms. The number of aryl methyl sites for hydroxylation is 1. The Morgan fingerprint density at radius 3 is 2.50 bits per heavy atom. The Bertz CT molecular complexity index is 1090. The van der Waals surface area contributed by atoms with Crippen molar-refractivity contribution in [2.75, 3.05) is 31.1 Å². The molecule has 5 nitrogen and oxygen atoms in total. The Balaban J connectivity index is 1.47. The van der Waals surface area contributed by atoms with E-state index >= 15 is 0 Å². The first-order chi connectivity index (χ1) is 13.4. The van der Waals surface area contributed by atoms with Gasteiger partial charge < -0.3 is 4.90 Å². The van der Waals surface area contributed by atoms with Crippen molar-refractivity contribution < 1.29 is 8.42 Å². The first kappa shape index (κ1) is 19.6. The molecule has 2 aromatic carbocycles. The van der Waals surface area contributed by atoms with Gasteiger partial charge in [0.05, 0.1) is 10.6 Å². The lowest BCUT2D eigenvalue weighted by molar-refractivity contribution is 0.385. The molecule has 0 amide bonds. The second-order valence-electron chi connectivity index (χ2n) is 6.68. The predicted octanol–water partition coefficient (Wildman–Crippen LogP) is 4.39. The smallest absolute Gasteiger partial charge is 0.243 e. The molecule has 146 valence electrons. The van der Waals surface area contributed by atoms with Gasteiger partial charge in [0.2, 0.25) is 10.0 Å². The number of benzene rings is 2. The highest BCUT2D eigenvalue weighted by molar-refractivity contribution is 9.10. The molecule has 0 N–H and O–H groups in total. The third-order valence-electron chi connectivity index (χ3n) is 4.86. The SMILES string of the molecule is Cc1ccccc1-c1csc(N2CCN(S(=O)(=O)c3cccc(Br)c3)CC2)n1. The van der Waals surface area contributed by atoms with Gasteiger partial charge in [0.15, 0.2) is 5.13 Å². The quantitative estimate of drug-likeness (QED) is 0.558. The average molecular weight is 478 g/mol. The maximum Gasteiger partial charge on any atom is 0.243 e. The second-order valence-corrected chi connectivity index (χ2v) is 10.4. The molecule has 1 saturated heterocycles. The number of thiazole rings is 1. The molecular formula is C20H20BrN3O2S2. The van der Waals surface area contributed by atoms with E-state index in [0.29, 0.717) is 31.1 Å². The lowest BCUT2D eigenvalue weighted by atomic mass is 10.1. The summed E-state index contributed by atoms with van der Waals surface area (Å²) in [5, 5.41) is 3.01. The highest BCUT2D eigenvalue weighted by atomic mass is 79.9. The number of hydrogen-bond donors (Lipinski definition) is 0. The van der Waals surface area contributed by atoms with Gasteiger partial charge in [-0.05, 0) is 30.7 Å². The monoisotopic (exact) mass is 477 g/mol. The number of piperazine rings is 1. The number of rotatable bonds is 4. The Labute approximate surface area is 177 Å². The zero-order valence-electron chi connectivity index (χ0n) is 15.4. The maximum absolute atomic E-state index is 12.9. The third-order valence-corrected chi connectivity index (χ3v) is 8.15. The standard InChI is InChI=1S/C20H20BrN3O2S2/c1-15-5-2-3-8-18(15)19-14-27-20(22-19)23-9-11-24(12-10-23)28(25,26)17-7-4-6-16(21)13-17/h2-8,13-14H,9-12H2,1H3. The number of anilines is 1. The van der Waals surface area contributed by atoms with Gasteiger partial charge in [0, 0.05) is 41.6 Å². The van der Waals surface area contributed by atoms with Crippen LogP contribution < -0.4 is 4.90 Å². The van der Waals surface area contributed by atoms with Crippen LogP contribution in [0.3, 0.4) is 0 Å². The Morgan fingerprint density at radius 2 is 1.79 bits per heavy atom. The third kappa shape index (κ3) is 3.87. The highest BCUT2D eigenvalue weighted by Crippen LogP contribution is 2.30. The van der Waals surface area contributed by atoms with Crippen molar-refractivity contribution in [1.29, 1.82) is 0 Å². The van der Waals surface area contributed by atoms with Gasteiger partial charge in [-0.15, -0.1) is 11.3 Å². The Morgan fingerprint density at radius 1 is 1.04 bits per heavy atom. The molecule has 8 heteroatoms. The molecule has 4 rings (SSSR count). The van der Waals surface area contributed by atoms with Crippen LogP contribution in [0.2, 0.25) is 0 Å². The van der Waals surface area contributed by atoms with E-state index in [9.17, 15) is 8.42 Å². The van der Waals surface area contributed by atoms with Crippen LogP contribution >= 0.6 is 27.3 Å². The number of hydrogen-bond acceptors (Lipinski definition) is 5. The highest BCUT2D eigenvalue weighted by Gasteiger charge is 2.29. The van der Waals surface area contributed by atoms with Crippen LogP contribution in [0, 0.1) is 6.92 Å². The molecule has 0 saturated carbocycles. The predicted molar refractivity (Wildman–Crippen MR) is 117 cm³/mol. The first-order valence-electron chi connectivity index (χ1n) is 8.97. The molecule has 3 aromatic rings. The molecule has 1 aliphatic heterocycles. The van der Waals surface area contributed by atoms with Crippen LogP contribution in [0.1, 0.15) is 5.56 Å². The van der Waals surface area contributed by atoms with E-state index in [1.165, 1.54) is 5.56 Å². The summed E-state index contributed by atoms with van der Waals surface area (Å²) in [5.41, 5.74) is 3.31. The van der Waals surface area contributed by atoms with Gasteiger partial charge in [-0.2, -0.15) is 4.31 Å². The van der Waals surface area contributed by atoms with E-state index in [0.717, 1.165) is 20.9 Å². The maximum atomic E-state index is 12.9. The van der Waals surface area contributed by atoms with Crippen molar-refractivity contribution in [1.82, 2.24) is 9.29 Å². The Hall–Kier alpha value is -1.74. The largest absolute Gasteiger partial charge is 0.345 e. The van der Waals surface area contributed by atoms with Crippen LogP contribution in [0.15, 0.2) is 63.3 Å². The zero-order valence-corrected chi connectivity index (χ0v) is 18.6. The van der Waals surface area contributed by atoms with Crippen LogP contribution in [0.25, 0.3) is 11.3 Å². The fourth-order valence-corrected chi connectivity index (χ4v) is 6.19. The fourth-order valence-electron chi connectivity index (χ4n) is 3.29. The molecule has 1 fully saturated rings. The summed E-state index contributed by atoms with van der Waals surface area (Å²) in [6.45, 7) is 4.25. The summed E-state index contributed by atoms with van der Waals surface area (Å²) in [7, 11) is -3.47. The van der Waals surface area contributed by atoms with E-state index in [2.05, 4.69) is 45.3 Å². The van der Waals surface area contributed by atoms with Gasteiger partial charge in [0.25, 0.3) is 0 Å². The topological polar surface area (TPSA) is 53.5 Å². The summed E-state index contributed by atoms with van der Waals surface area (Å²) in [6, 6.07) is 15.1. The zero-order chi connectivity index (χ0) is 19.7. The van der Waals surface area contributed by atoms with Crippen molar-refractivity contribution in [2.24, 2.45) is 0 Å². The number of nitrogens with zero attached hydrogens (tertiary/aromatic N) is 3. The molecule has 2 heterocycles. The van der Waals surface area contributed by atoms with Crippen LogP contribution in [-0.2, 0) is 10.0 Å². The Kier molecular flexibility index (Phi) is 5.55. The van der Waals surface area contributed by atoms with Crippen molar-refractivity contribution in [3.8, 4) is 11.3 Å². The van der Waals surface area contributed by atoms with Crippen molar-refractivity contribution in [2.45, 2.75) is 11.8 Å². The summed E-state index contributed by atoms with van der Waals surface area (Å²) >= 11 is 4.95. The van der Waals surface area contributed by atoms with E-state index in [4.69, 9.17) is 4.98 Å².